The summed E-state index contributed by atoms with van der Waals surface area (Å²) in [5.74, 6) is 0.594. The van der Waals surface area contributed by atoms with Crippen molar-refractivity contribution in [2.45, 2.75) is 19.9 Å². The van der Waals surface area contributed by atoms with Crippen LogP contribution in [0.1, 0.15) is 21.7 Å². The van der Waals surface area contributed by atoms with Gasteiger partial charge in [-0.2, -0.15) is 0 Å². The third kappa shape index (κ3) is 3.16. The van der Waals surface area contributed by atoms with Crippen LogP contribution in [0.2, 0.25) is 0 Å². The van der Waals surface area contributed by atoms with Gasteiger partial charge in [0.2, 0.25) is 5.95 Å². The quantitative estimate of drug-likeness (QED) is 0.832. The van der Waals surface area contributed by atoms with Gasteiger partial charge in [-0.05, 0) is 38.0 Å². The number of Topliss-reactive ketones (excluding diaryl/α,β-unsaturated/α-hetero) is 1. The van der Waals surface area contributed by atoms with Gasteiger partial charge >= 0.3 is 0 Å². The predicted octanol–water partition coefficient (Wildman–Crippen LogP) is 2.15. The lowest BCUT2D eigenvalue weighted by molar-refractivity contribution is 0.0937. The molecular formula is C20H23FN4O2. The van der Waals surface area contributed by atoms with E-state index in [1.54, 1.807) is 6.07 Å². The van der Waals surface area contributed by atoms with E-state index >= 15 is 0 Å². The van der Waals surface area contributed by atoms with Crippen LogP contribution in [0.3, 0.4) is 0 Å². The summed E-state index contributed by atoms with van der Waals surface area (Å²) in [6.45, 7) is 6.10. The Labute approximate surface area is 157 Å². The monoisotopic (exact) mass is 370 g/mol. The molecule has 1 N–H and O–H groups in total. The van der Waals surface area contributed by atoms with E-state index in [0.717, 1.165) is 24.5 Å². The van der Waals surface area contributed by atoms with Gasteiger partial charge in [0.1, 0.15) is 11.6 Å². The van der Waals surface area contributed by atoms with Crippen molar-refractivity contribution in [1.29, 1.82) is 0 Å². The molecule has 0 aliphatic carbocycles. The summed E-state index contributed by atoms with van der Waals surface area (Å²) in [5, 5.41) is 3.35. The lowest BCUT2D eigenvalue weighted by atomic mass is 9.89. The smallest absolute Gasteiger partial charge is 0.226 e. The van der Waals surface area contributed by atoms with E-state index in [2.05, 4.69) is 15.3 Å². The third-order valence-electron chi connectivity index (χ3n) is 5.50. The third-order valence-corrected chi connectivity index (χ3v) is 5.50. The molecule has 2 aliphatic heterocycles. The number of nitrogens with zero attached hydrogens (tertiary/aromatic N) is 3. The Kier molecular flexibility index (Phi) is 4.55. The summed E-state index contributed by atoms with van der Waals surface area (Å²) in [6, 6.07) is 5.81. The minimum atomic E-state index is -0.560. The molecular weight excluding hydrogens is 347 g/mol. The summed E-state index contributed by atoms with van der Waals surface area (Å²) in [4.78, 5) is 24.4. The van der Waals surface area contributed by atoms with Crippen molar-refractivity contribution >= 4 is 11.7 Å². The Morgan fingerprint density at radius 2 is 1.96 bits per heavy atom. The molecule has 2 aliphatic rings. The highest BCUT2D eigenvalue weighted by Gasteiger charge is 2.49. The van der Waals surface area contributed by atoms with Crippen molar-refractivity contribution in [3.05, 3.63) is 47.0 Å². The number of aromatic nitrogens is 2. The van der Waals surface area contributed by atoms with Crippen LogP contribution in [0.25, 0.3) is 0 Å². The van der Waals surface area contributed by atoms with Gasteiger partial charge in [-0.1, -0.05) is 0 Å². The van der Waals surface area contributed by atoms with Crippen LogP contribution < -0.4 is 15.0 Å². The molecule has 3 heterocycles. The van der Waals surface area contributed by atoms with Crippen molar-refractivity contribution < 1.29 is 13.9 Å². The van der Waals surface area contributed by atoms with Crippen LogP contribution in [0, 0.1) is 31.5 Å². The van der Waals surface area contributed by atoms with E-state index in [0.29, 0.717) is 24.2 Å². The molecule has 0 spiro atoms. The van der Waals surface area contributed by atoms with Gasteiger partial charge in [-0.3, -0.25) is 4.79 Å². The second-order valence-electron chi connectivity index (χ2n) is 7.34. The lowest BCUT2D eigenvalue weighted by Crippen LogP contribution is -2.43. The first kappa shape index (κ1) is 17.9. The molecule has 142 valence electrons. The number of carbonyl (C=O) groups excluding carboxylic acids is 1. The molecule has 7 heteroatoms. The molecule has 27 heavy (non-hydrogen) atoms. The fraction of sp³-hybridized carbons (Fsp3) is 0.450. The number of fused-ring (bicyclic) bond motifs is 1. The molecule has 1 aromatic heterocycles. The number of nitrogens with one attached hydrogen (secondary N) is 1. The maximum Gasteiger partial charge on any atom is 0.226 e. The second-order valence-corrected chi connectivity index (χ2v) is 7.34. The number of hydrogen-bond acceptors (Lipinski definition) is 6. The fourth-order valence-corrected chi connectivity index (χ4v) is 4.28. The number of benzene rings is 1. The van der Waals surface area contributed by atoms with Crippen LogP contribution in [-0.4, -0.2) is 48.5 Å². The topological polar surface area (TPSA) is 67.3 Å². The average molecular weight is 370 g/mol. The van der Waals surface area contributed by atoms with Gasteiger partial charge in [0.25, 0.3) is 0 Å². The number of rotatable bonds is 4. The number of ketones is 1. The van der Waals surface area contributed by atoms with Crippen molar-refractivity contribution in [3.8, 4) is 5.75 Å². The van der Waals surface area contributed by atoms with Gasteiger partial charge in [-0.25, -0.2) is 14.4 Å². The molecule has 4 rings (SSSR count). The minimum absolute atomic E-state index is 0.0859. The first-order valence-corrected chi connectivity index (χ1v) is 9.15. The zero-order valence-corrected chi connectivity index (χ0v) is 15.7. The van der Waals surface area contributed by atoms with Crippen LogP contribution in [0.5, 0.6) is 5.75 Å². The number of ether oxygens (including phenoxy) is 1. The number of anilines is 1. The van der Waals surface area contributed by atoms with Gasteiger partial charge < -0.3 is 15.0 Å². The Balaban J connectivity index is 1.73. The molecule has 2 saturated heterocycles. The maximum atomic E-state index is 14.6. The number of carbonyl (C=O) groups is 1. The Morgan fingerprint density at radius 3 is 2.63 bits per heavy atom. The first-order chi connectivity index (χ1) is 13.0. The number of halogens is 1. The van der Waals surface area contributed by atoms with Crippen LogP contribution >= 0.6 is 0 Å². The normalized spacial score (nSPS) is 24.1. The van der Waals surface area contributed by atoms with E-state index in [-0.39, 0.29) is 17.3 Å². The highest BCUT2D eigenvalue weighted by atomic mass is 19.1. The van der Waals surface area contributed by atoms with Gasteiger partial charge in [0.15, 0.2) is 5.78 Å². The summed E-state index contributed by atoms with van der Waals surface area (Å²) in [6.07, 6.45) is 0. The summed E-state index contributed by atoms with van der Waals surface area (Å²) >= 11 is 0. The molecule has 0 unspecified atom stereocenters. The van der Waals surface area contributed by atoms with Crippen LogP contribution in [0.4, 0.5) is 10.3 Å². The molecule has 6 nitrogen and oxygen atoms in total. The summed E-state index contributed by atoms with van der Waals surface area (Å²) in [7, 11) is 1.47. The van der Waals surface area contributed by atoms with Gasteiger partial charge in [0.05, 0.1) is 18.7 Å². The van der Waals surface area contributed by atoms with E-state index in [1.807, 2.05) is 24.8 Å². The SMILES string of the molecule is COc1ccc(C(=O)[C@@H]2[C@@H]3CNC[C@H]3CN2c2nc(C)cc(C)n2)c(F)c1. The first-order valence-electron chi connectivity index (χ1n) is 9.15. The summed E-state index contributed by atoms with van der Waals surface area (Å²) < 4.78 is 19.6. The number of methoxy groups -OCH3 is 1. The molecule has 3 atom stereocenters. The van der Waals surface area contributed by atoms with E-state index < -0.39 is 11.9 Å². The molecule has 0 amide bonds. The van der Waals surface area contributed by atoms with Crippen molar-refractivity contribution in [2.75, 3.05) is 31.6 Å². The number of hydrogen-bond donors (Lipinski definition) is 1. The van der Waals surface area contributed by atoms with Crippen molar-refractivity contribution in [2.24, 2.45) is 11.8 Å². The maximum absolute atomic E-state index is 14.6. The molecule has 0 bridgehead atoms. The molecule has 0 radical (unpaired) electrons. The molecule has 0 saturated carbocycles. The van der Waals surface area contributed by atoms with E-state index in [9.17, 15) is 9.18 Å². The van der Waals surface area contributed by atoms with Crippen LogP contribution in [-0.2, 0) is 0 Å². The van der Waals surface area contributed by atoms with Gasteiger partial charge in [0, 0.05) is 43.0 Å². The van der Waals surface area contributed by atoms with Crippen LogP contribution in [0.15, 0.2) is 24.3 Å². The van der Waals surface area contributed by atoms with Crippen molar-refractivity contribution in [3.63, 3.8) is 0 Å². The van der Waals surface area contributed by atoms with Gasteiger partial charge in [-0.15, -0.1) is 0 Å². The lowest BCUT2D eigenvalue weighted by Gasteiger charge is -2.27. The fourth-order valence-electron chi connectivity index (χ4n) is 4.28. The Morgan fingerprint density at radius 1 is 1.22 bits per heavy atom. The summed E-state index contributed by atoms with van der Waals surface area (Å²) in [5.41, 5.74) is 1.80. The second kappa shape index (κ2) is 6.88. The highest BCUT2D eigenvalue weighted by molar-refractivity contribution is 6.02. The Bertz CT molecular complexity index is 868. The average Bonchev–Trinajstić information content (AvgIpc) is 3.21. The molecule has 1 aromatic carbocycles. The largest absolute Gasteiger partial charge is 0.497 e. The van der Waals surface area contributed by atoms with E-state index in [4.69, 9.17) is 4.74 Å². The van der Waals surface area contributed by atoms with E-state index in [1.165, 1.54) is 19.2 Å². The van der Waals surface area contributed by atoms with Crippen molar-refractivity contribution in [1.82, 2.24) is 15.3 Å². The Hall–Kier alpha value is -2.54. The zero-order chi connectivity index (χ0) is 19.1. The number of aryl methyl sites for hydroxylation is 2. The standard InChI is InChI=1S/C20H23FN4O2/c1-11-6-12(2)24-20(23-11)25-10-13-8-22-9-16(13)18(25)19(26)15-5-4-14(27-3)7-17(15)21/h4-7,13,16,18,22H,8-10H2,1-3H3/t13-,16+,18-/m0/s1. The highest BCUT2D eigenvalue weighted by Crippen LogP contribution is 2.37. The predicted molar refractivity (Wildman–Crippen MR) is 99.8 cm³/mol. The minimum Gasteiger partial charge on any atom is -0.497 e. The molecule has 2 fully saturated rings. The molecule has 2 aromatic rings. The zero-order valence-electron chi connectivity index (χ0n) is 15.7.